The fraction of sp³-hybridized carbons (Fsp3) is 0.548. The molecule has 1 aromatic heterocycles. The van der Waals surface area contributed by atoms with E-state index >= 15 is 0 Å². The quantitative estimate of drug-likeness (QED) is 0.216. The molecule has 2 N–H and O–H groups in total. The lowest BCUT2D eigenvalue weighted by Crippen LogP contribution is -2.43. The van der Waals surface area contributed by atoms with Gasteiger partial charge in [-0.1, -0.05) is 45.9 Å². The van der Waals surface area contributed by atoms with Crippen molar-refractivity contribution in [2.75, 3.05) is 11.9 Å². The summed E-state index contributed by atoms with van der Waals surface area (Å²) in [5.74, 6) is -2.52. The maximum Gasteiger partial charge on any atom is 0.459 e. The lowest BCUT2D eigenvalue weighted by atomic mass is 9.83. The van der Waals surface area contributed by atoms with Gasteiger partial charge in [0, 0.05) is 12.1 Å². The third kappa shape index (κ3) is 9.48. The Hall–Kier alpha value is -4.09. The summed E-state index contributed by atoms with van der Waals surface area (Å²) >= 11 is 0. The molecule has 1 amide bonds. The number of hydrogen-bond acceptors (Lipinski definition) is 12. The molecule has 256 valence electrons. The minimum absolute atomic E-state index is 0.000497. The van der Waals surface area contributed by atoms with Crippen molar-refractivity contribution in [3.8, 4) is 11.8 Å². The number of hydrogen-bond donors (Lipinski definition) is 2. The molecule has 0 aliphatic carbocycles. The summed E-state index contributed by atoms with van der Waals surface area (Å²) in [6.07, 6.45) is -3.09. The molecule has 1 aromatic carbocycles. The molecule has 0 spiro atoms. The van der Waals surface area contributed by atoms with E-state index in [9.17, 15) is 29.0 Å². The number of anilines is 1. The molecule has 3 rings (SSSR count). The highest BCUT2D eigenvalue weighted by Gasteiger charge is 2.58. The maximum atomic E-state index is 14.1. The Balaban J connectivity index is 1.97. The summed E-state index contributed by atoms with van der Waals surface area (Å²) in [6.45, 7) is 12.2. The Morgan fingerprint density at radius 2 is 1.72 bits per heavy atom. The van der Waals surface area contributed by atoms with Crippen molar-refractivity contribution in [2.24, 2.45) is 17.3 Å². The number of aromatic nitrogens is 2. The maximum absolute atomic E-state index is 14.1. The number of rotatable bonds is 14. The highest BCUT2D eigenvalue weighted by Crippen LogP contribution is 2.50. The van der Waals surface area contributed by atoms with Gasteiger partial charge in [0.2, 0.25) is 5.91 Å². The average molecular weight is 676 g/mol. The topological polar surface area (TPSA) is 197 Å². The number of carbonyl (C=O) groups is 3. The SMILES string of the molecule is CC(C)OC(=O)[C@H](C)NP(=O)(OC[C@H]1O[C@@H](n2ccc(NC(=O)C(C)C)nc2=O)[C@](C)(C#N)[C@@H]1OC(=O)C(C)C)Oc1ccccc1. The Morgan fingerprint density at radius 1 is 1.06 bits per heavy atom. The molecule has 1 saturated heterocycles. The first kappa shape index (κ1) is 37.4. The van der Waals surface area contributed by atoms with Gasteiger partial charge in [0.1, 0.15) is 29.1 Å². The van der Waals surface area contributed by atoms with E-state index in [-0.39, 0.29) is 23.4 Å². The van der Waals surface area contributed by atoms with Crippen LogP contribution in [-0.2, 0) is 37.7 Å². The van der Waals surface area contributed by atoms with Gasteiger partial charge >= 0.3 is 25.4 Å². The van der Waals surface area contributed by atoms with Crippen LogP contribution in [0, 0.1) is 28.6 Å². The first-order chi connectivity index (χ1) is 22.0. The van der Waals surface area contributed by atoms with Crippen molar-refractivity contribution < 1.29 is 42.2 Å². The van der Waals surface area contributed by atoms with Crippen LogP contribution < -0.4 is 20.6 Å². The molecule has 0 saturated carbocycles. The second-order valence-electron chi connectivity index (χ2n) is 12.1. The van der Waals surface area contributed by atoms with E-state index in [2.05, 4.69) is 21.5 Å². The molecule has 2 aromatic rings. The van der Waals surface area contributed by atoms with E-state index in [4.69, 9.17) is 23.3 Å². The van der Waals surface area contributed by atoms with E-state index in [1.807, 2.05) is 0 Å². The summed E-state index contributed by atoms with van der Waals surface area (Å²) in [5.41, 5.74) is -2.54. The number of nitrogens with one attached hydrogen (secondary N) is 2. The summed E-state index contributed by atoms with van der Waals surface area (Å²) in [5, 5.41) is 15.5. The van der Waals surface area contributed by atoms with Crippen LogP contribution in [0.2, 0.25) is 0 Å². The Kier molecular flexibility index (Phi) is 12.5. The van der Waals surface area contributed by atoms with Crippen molar-refractivity contribution in [3.05, 3.63) is 53.1 Å². The predicted molar refractivity (Wildman–Crippen MR) is 169 cm³/mol. The summed E-state index contributed by atoms with van der Waals surface area (Å²) in [7, 11) is -4.38. The number of amides is 1. The number of benzene rings is 1. The molecular weight excluding hydrogens is 633 g/mol. The number of ether oxygens (including phenoxy) is 3. The molecule has 16 heteroatoms. The van der Waals surface area contributed by atoms with Gasteiger partial charge in [-0.15, -0.1) is 0 Å². The normalized spacial score (nSPS) is 22.7. The van der Waals surface area contributed by atoms with Gasteiger partial charge < -0.3 is 24.1 Å². The van der Waals surface area contributed by atoms with Gasteiger partial charge in [-0.25, -0.2) is 9.36 Å². The molecular formula is C31H42N5O10P. The lowest BCUT2D eigenvalue weighted by Gasteiger charge is -2.29. The van der Waals surface area contributed by atoms with E-state index in [0.717, 1.165) is 4.57 Å². The van der Waals surface area contributed by atoms with Gasteiger partial charge in [-0.3, -0.25) is 23.5 Å². The van der Waals surface area contributed by atoms with Crippen LogP contribution in [0.1, 0.15) is 61.6 Å². The zero-order chi connectivity index (χ0) is 35.1. The minimum Gasteiger partial charge on any atom is -0.462 e. The van der Waals surface area contributed by atoms with Gasteiger partial charge in [-0.2, -0.15) is 15.3 Å². The Morgan fingerprint density at radius 3 is 2.28 bits per heavy atom. The lowest BCUT2D eigenvalue weighted by molar-refractivity contribution is -0.159. The highest BCUT2D eigenvalue weighted by atomic mass is 31.2. The van der Waals surface area contributed by atoms with Gasteiger partial charge in [0.05, 0.1) is 24.7 Å². The molecule has 2 heterocycles. The third-order valence-corrected chi connectivity index (χ3v) is 8.64. The third-order valence-electron chi connectivity index (χ3n) is 6.99. The van der Waals surface area contributed by atoms with Crippen molar-refractivity contribution in [2.45, 2.75) is 86.0 Å². The van der Waals surface area contributed by atoms with Gasteiger partial charge in [-0.05, 0) is 45.9 Å². The molecule has 1 aliphatic heterocycles. The smallest absolute Gasteiger partial charge is 0.459 e. The van der Waals surface area contributed by atoms with Crippen molar-refractivity contribution >= 4 is 31.4 Å². The summed E-state index contributed by atoms with van der Waals surface area (Å²) < 4.78 is 43.7. The van der Waals surface area contributed by atoms with Crippen molar-refractivity contribution in [1.29, 1.82) is 5.26 Å². The fourth-order valence-electron chi connectivity index (χ4n) is 4.40. The molecule has 0 radical (unpaired) electrons. The molecule has 1 aliphatic rings. The zero-order valence-corrected chi connectivity index (χ0v) is 28.6. The number of para-hydroxylation sites is 1. The monoisotopic (exact) mass is 675 g/mol. The van der Waals surface area contributed by atoms with Gasteiger partial charge in [0.15, 0.2) is 12.3 Å². The molecule has 1 unspecified atom stereocenters. The first-order valence-electron chi connectivity index (χ1n) is 15.1. The second kappa shape index (κ2) is 15.7. The Labute approximate surface area is 273 Å². The van der Waals surface area contributed by atoms with E-state index in [1.54, 1.807) is 59.7 Å². The molecule has 6 atom stereocenters. The average Bonchev–Trinajstić information content (AvgIpc) is 3.27. The number of nitrogens with zero attached hydrogens (tertiary/aromatic N) is 3. The van der Waals surface area contributed by atoms with E-state index < -0.39 is 73.9 Å². The van der Waals surface area contributed by atoms with E-state index in [1.165, 1.54) is 38.2 Å². The molecule has 47 heavy (non-hydrogen) atoms. The van der Waals surface area contributed by atoms with Crippen LogP contribution in [0.15, 0.2) is 47.4 Å². The van der Waals surface area contributed by atoms with Crippen LogP contribution in [-0.4, -0.2) is 58.4 Å². The van der Waals surface area contributed by atoms with Crippen LogP contribution in [0.4, 0.5) is 5.82 Å². The number of nitriles is 1. The number of esters is 2. The zero-order valence-electron chi connectivity index (χ0n) is 27.7. The van der Waals surface area contributed by atoms with Crippen LogP contribution in [0.25, 0.3) is 0 Å². The van der Waals surface area contributed by atoms with Crippen molar-refractivity contribution in [3.63, 3.8) is 0 Å². The Bertz CT molecular complexity index is 1570. The molecule has 0 bridgehead atoms. The predicted octanol–water partition coefficient (Wildman–Crippen LogP) is 3.97. The van der Waals surface area contributed by atoms with Crippen LogP contribution in [0.5, 0.6) is 5.75 Å². The summed E-state index contributed by atoms with van der Waals surface area (Å²) in [4.78, 5) is 54.6. The fourth-order valence-corrected chi connectivity index (χ4v) is 5.90. The van der Waals surface area contributed by atoms with Crippen molar-refractivity contribution in [1.82, 2.24) is 14.6 Å². The van der Waals surface area contributed by atoms with Crippen LogP contribution in [0.3, 0.4) is 0 Å². The standard InChI is InChI=1S/C31H42N5O10P/c1-18(2)26(37)33-24-14-15-36(30(40)34-24)29-31(8,17-32)25(45-27(38)19(3)4)23(44-29)16-42-47(41,46-22-12-10-9-11-13-22)35-21(7)28(39)43-20(5)6/h9-15,18-21,23,25,29H,16H2,1-8H3,(H,35,41)(H,33,34,37,40)/t21-,23+,25+,29+,31+,47?/m0/s1. The highest BCUT2D eigenvalue weighted by molar-refractivity contribution is 7.52. The minimum atomic E-state index is -4.38. The first-order valence-corrected chi connectivity index (χ1v) is 16.7. The van der Waals surface area contributed by atoms with Gasteiger partial charge in [0.25, 0.3) is 0 Å². The largest absolute Gasteiger partial charge is 0.462 e. The second-order valence-corrected chi connectivity index (χ2v) is 13.8. The summed E-state index contributed by atoms with van der Waals surface area (Å²) in [6, 6.07) is 10.4. The molecule has 15 nitrogen and oxygen atoms in total. The van der Waals surface area contributed by atoms with E-state index in [0.29, 0.717) is 0 Å². The molecule has 1 fully saturated rings. The van der Waals surface area contributed by atoms with Crippen LogP contribution >= 0.6 is 7.75 Å². The number of carbonyl (C=O) groups excluding carboxylic acids is 3.